The largest absolute Gasteiger partial charge is 0.491 e. The maximum absolute atomic E-state index is 6.64. The highest BCUT2D eigenvalue weighted by atomic mass is 35.6. The van der Waals surface area contributed by atoms with Crippen molar-refractivity contribution in [3.05, 3.63) is 18.2 Å². The van der Waals surface area contributed by atoms with E-state index >= 15 is 0 Å². The lowest BCUT2D eigenvalue weighted by atomic mass is 10.3. The summed E-state index contributed by atoms with van der Waals surface area (Å²) in [7, 11) is -2.29. The Labute approximate surface area is 169 Å². The van der Waals surface area contributed by atoms with Gasteiger partial charge >= 0.3 is 0 Å². The summed E-state index contributed by atoms with van der Waals surface area (Å²) in [5.74, 6) is 0.812. The molecule has 0 aliphatic rings. The van der Waals surface area contributed by atoms with Crippen LogP contribution in [0.3, 0.4) is 0 Å². The summed E-state index contributed by atoms with van der Waals surface area (Å²) in [6, 6.07) is 6.24. The van der Waals surface area contributed by atoms with Crippen LogP contribution in [0.25, 0.3) is 0 Å². The van der Waals surface area contributed by atoms with Crippen molar-refractivity contribution < 1.29 is 18.9 Å². The molecule has 1 atom stereocenters. The Kier molecular flexibility index (Phi) is 10.2. The predicted octanol–water partition coefficient (Wildman–Crippen LogP) is 3.44. The molecule has 0 heterocycles. The molecule has 8 heteroatoms. The fourth-order valence-corrected chi connectivity index (χ4v) is 4.95. The van der Waals surface area contributed by atoms with Gasteiger partial charge in [-0.15, -0.1) is 0 Å². The summed E-state index contributed by atoms with van der Waals surface area (Å²) in [6.45, 7) is 13.1. The Bertz CT molecular complexity index is 513. The molecule has 0 fully saturated rings. The lowest BCUT2D eigenvalue weighted by Crippen LogP contribution is -2.43. The van der Waals surface area contributed by atoms with Crippen molar-refractivity contribution in [2.45, 2.75) is 39.2 Å². The van der Waals surface area contributed by atoms with Crippen LogP contribution in [0.4, 0.5) is 0 Å². The molecule has 1 rings (SSSR count). The molecule has 1 aromatic rings. The molecule has 0 amide bonds. The Morgan fingerprint density at radius 3 is 1.92 bits per heavy atom. The van der Waals surface area contributed by atoms with Crippen LogP contribution in [-0.2, 0) is 14.2 Å². The fraction of sp³-hybridized carbons (Fsp3) is 0.667. The van der Waals surface area contributed by atoms with Crippen LogP contribution in [0.5, 0.6) is 5.75 Å². The smallest absolute Gasteiger partial charge is 0.180 e. The lowest BCUT2D eigenvalue weighted by molar-refractivity contribution is -0.0144. The Morgan fingerprint density at radius 2 is 1.42 bits per heavy atom. The van der Waals surface area contributed by atoms with Gasteiger partial charge in [-0.1, -0.05) is 32.3 Å². The minimum atomic E-state index is -1.97. The van der Waals surface area contributed by atoms with Gasteiger partial charge in [-0.3, -0.25) is 0 Å². The van der Waals surface area contributed by atoms with E-state index in [0.29, 0.717) is 33.0 Å². The van der Waals surface area contributed by atoms with E-state index < -0.39 is 14.8 Å². The van der Waals surface area contributed by atoms with Gasteiger partial charge in [0.2, 0.25) is 0 Å². The molecule has 0 N–H and O–H groups in total. The first-order chi connectivity index (χ1) is 12.0. The minimum Gasteiger partial charge on any atom is -0.491 e. The molecule has 0 radical (unpaired) electrons. The van der Waals surface area contributed by atoms with E-state index in [9.17, 15) is 0 Å². The SMILES string of the molecule is COCCOCCO[C@@H](C)COc1cc([Si](C)(C)Cl)cc([Si](C)(C)Cl)c1. The van der Waals surface area contributed by atoms with E-state index in [2.05, 4.69) is 32.3 Å². The summed E-state index contributed by atoms with van der Waals surface area (Å²) in [5, 5.41) is 2.29. The molecule has 0 saturated heterocycles. The van der Waals surface area contributed by atoms with Crippen molar-refractivity contribution in [2.75, 3.05) is 40.1 Å². The van der Waals surface area contributed by atoms with Crippen molar-refractivity contribution in [3.63, 3.8) is 0 Å². The van der Waals surface area contributed by atoms with Gasteiger partial charge < -0.3 is 18.9 Å². The normalized spacial score (nSPS) is 13.7. The second-order valence-corrected chi connectivity index (χ2v) is 20.0. The van der Waals surface area contributed by atoms with Crippen LogP contribution < -0.4 is 15.1 Å². The van der Waals surface area contributed by atoms with Crippen LogP contribution in [0.2, 0.25) is 26.2 Å². The van der Waals surface area contributed by atoms with Crippen LogP contribution in [0.1, 0.15) is 6.92 Å². The van der Waals surface area contributed by atoms with E-state index in [-0.39, 0.29) is 6.10 Å². The summed E-state index contributed by atoms with van der Waals surface area (Å²) < 4.78 is 22.0. The first-order valence-corrected chi connectivity index (χ1v) is 16.9. The monoisotopic (exact) mass is 438 g/mol. The van der Waals surface area contributed by atoms with Crippen molar-refractivity contribution in [2.24, 2.45) is 0 Å². The second-order valence-electron chi connectivity index (χ2n) is 7.29. The number of rotatable bonds is 12. The molecular formula is C18H32Cl2O4Si2. The summed E-state index contributed by atoms with van der Waals surface area (Å²) in [4.78, 5) is 0. The topological polar surface area (TPSA) is 36.9 Å². The predicted molar refractivity (Wildman–Crippen MR) is 116 cm³/mol. The van der Waals surface area contributed by atoms with E-state index in [1.165, 1.54) is 0 Å². The van der Waals surface area contributed by atoms with Crippen LogP contribution in [0, 0.1) is 0 Å². The molecule has 0 bridgehead atoms. The highest BCUT2D eigenvalue weighted by Crippen LogP contribution is 2.17. The molecule has 26 heavy (non-hydrogen) atoms. The first-order valence-electron chi connectivity index (χ1n) is 8.89. The van der Waals surface area contributed by atoms with Gasteiger partial charge in [0.25, 0.3) is 0 Å². The van der Waals surface area contributed by atoms with E-state index in [1.54, 1.807) is 7.11 Å². The number of hydrogen-bond acceptors (Lipinski definition) is 4. The summed E-state index contributed by atoms with van der Waals surface area (Å²) >= 11 is 13.3. The quantitative estimate of drug-likeness (QED) is 0.284. The molecule has 150 valence electrons. The maximum atomic E-state index is 6.64. The summed E-state index contributed by atoms with van der Waals surface area (Å²) in [6.07, 6.45) is -0.0318. The van der Waals surface area contributed by atoms with Crippen molar-refractivity contribution >= 4 is 47.3 Å². The zero-order valence-electron chi connectivity index (χ0n) is 16.7. The molecule has 0 saturated carbocycles. The van der Waals surface area contributed by atoms with Gasteiger partial charge in [0.15, 0.2) is 14.8 Å². The summed E-state index contributed by atoms with van der Waals surface area (Å²) in [5.41, 5.74) is 0. The molecule has 4 nitrogen and oxygen atoms in total. The van der Waals surface area contributed by atoms with Gasteiger partial charge in [-0.25, -0.2) is 0 Å². The Hall–Kier alpha value is -0.0862. The van der Waals surface area contributed by atoms with Gasteiger partial charge in [-0.05, 0) is 29.4 Å². The lowest BCUT2D eigenvalue weighted by Gasteiger charge is -2.22. The zero-order valence-corrected chi connectivity index (χ0v) is 20.2. The molecule has 0 aromatic heterocycles. The van der Waals surface area contributed by atoms with Crippen molar-refractivity contribution in [3.8, 4) is 5.75 Å². The maximum Gasteiger partial charge on any atom is 0.180 e. The molecular weight excluding hydrogens is 407 g/mol. The van der Waals surface area contributed by atoms with Gasteiger partial charge in [-0.2, -0.15) is 22.2 Å². The average molecular weight is 440 g/mol. The third-order valence-corrected chi connectivity index (χ3v) is 8.46. The standard InChI is InChI=1S/C18H32Cl2O4Si2/c1-15(23-10-9-22-8-7-21-2)14-24-16-11-17(25(3,4)19)13-18(12-16)26(5,6)20/h11-13,15H,7-10,14H2,1-6H3/t15-/m0/s1. The number of halogens is 2. The van der Waals surface area contributed by atoms with E-state index in [1.807, 2.05) is 19.1 Å². The minimum absolute atomic E-state index is 0.0318. The van der Waals surface area contributed by atoms with E-state index in [0.717, 1.165) is 16.1 Å². The average Bonchev–Trinajstić information content (AvgIpc) is 2.54. The van der Waals surface area contributed by atoms with Crippen LogP contribution >= 0.6 is 22.2 Å². The molecule has 0 spiro atoms. The molecule has 1 aromatic carbocycles. The molecule has 0 aliphatic heterocycles. The third kappa shape index (κ3) is 9.21. The number of methoxy groups -OCH3 is 1. The number of hydrogen-bond donors (Lipinski definition) is 0. The Balaban J connectivity index is 2.60. The molecule has 0 unspecified atom stereocenters. The van der Waals surface area contributed by atoms with Crippen molar-refractivity contribution in [1.29, 1.82) is 0 Å². The number of ether oxygens (including phenoxy) is 4. The van der Waals surface area contributed by atoms with E-state index in [4.69, 9.17) is 41.1 Å². The third-order valence-electron chi connectivity index (χ3n) is 3.83. The number of benzene rings is 1. The molecule has 0 aliphatic carbocycles. The Morgan fingerprint density at radius 1 is 0.885 bits per heavy atom. The fourth-order valence-electron chi connectivity index (χ4n) is 2.18. The second kappa shape index (κ2) is 11.0. The van der Waals surface area contributed by atoms with Crippen molar-refractivity contribution in [1.82, 2.24) is 0 Å². The van der Waals surface area contributed by atoms with Gasteiger partial charge in [0, 0.05) is 7.11 Å². The van der Waals surface area contributed by atoms with Gasteiger partial charge in [0.05, 0.1) is 32.5 Å². The van der Waals surface area contributed by atoms with Crippen LogP contribution in [0.15, 0.2) is 18.2 Å². The van der Waals surface area contributed by atoms with Crippen LogP contribution in [-0.4, -0.2) is 61.0 Å². The van der Waals surface area contributed by atoms with Gasteiger partial charge in [0.1, 0.15) is 12.4 Å². The highest BCUT2D eigenvalue weighted by molar-refractivity contribution is 7.27. The highest BCUT2D eigenvalue weighted by Gasteiger charge is 2.27. The zero-order chi connectivity index (χ0) is 19.8. The first kappa shape index (κ1) is 24.0.